The monoisotopic (exact) mass is 227 g/mol. The highest BCUT2D eigenvalue weighted by Gasteiger charge is 2.12. The van der Waals surface area contributed by atoms with Gasteiger partial charge in [-0.3, -0.25) is 0 Å². The third kappa shape index (κ3) is 4.22. The summed E-state index contributed by atoms with van der Waals surface area (Å²) in [4.78, 5) is 0. The molecule has 0 saturated carbocycles. The molecule has 0 aliphatic heterocycles. The first kappa shape index (κ1) is 12.5. The van der Waals surface area contributed by atoms with Gasteiger partial charge >= 0.3 is 0 Å². The molecular weight excluding hydrogens is 210 g/mol. The van der Waals surface area contributed by atoms with E-state index in [-0.39, 0.29) is 11.9 Å². The van der Waals surface area contributed by atoms with Crippen molar-refractivity contribution in [2.24, 2.45) is 5.73 Å². The lowest BCUT2D eigenvalue weighted by Gasteiger charge is -2.16. The van der Waals surface area contributed by atoms with Crippen molar-refractivity contribution in [1.82, 2.24) is 0 Å². The van der Waals surface area contributed by atoms with E-state index in [1.165, 1.54) is 0 Å². The normalized spacial score (nSPS) is 14.9. The van der Waals surface area contributed by atoms with Gasteiger partial charge in [0.25, 0.3) is 0 Å². The van der Waals surface area contributed by atoms with E-state index in [1.807, 2.05) is 30.3 Å². The minimum absolute atomic E-state index is 0.187. The van der Waals surface area contributed by atoms with Gasteiger partial charge in [0.1, 0.15) is 0 Å². The van der Waals surface area contributed by atoms with Gasteiger partial charge in [-0.05, 0) is 5.56 Å². The second kappa shape index (κ2) is 6.85. The van der Waals surface area contributed by atoms with Gasteiger partial charge in [0.15, 0.2) is 0 Å². The number of hydrogen-bond donors (Lipinski definition) is 3. The predicted molar refractivity (Wildman–Crippen MR) is 63.8 cm³/mol. The fraction of sp³-hybridized carbons (Fsp3) is 0.455. The second-order valence-electron chi connectivity index (χ2n) is 3.30. The van der Waals surface area contributed by atoms with Crippen molar-refractivity contribution >= 4 is 11.8 Å². The van der Waals surface area contributed by atoms with Crippen molar-refractivity contribution in [2.75, 3.05) is 18.9 Å². The van der Waals surface area contributed by atoms with Gasteiger partial charge in [-0.25, -0.2) is 0 Å². The quantitative estimate of drug-likeness (QED) is 0.671. The second-order valence-corrected chi connectivity index (χ2v) is 4.54. The lowest BCUT2D eigenvalue weighted by molar-refractivity contribution is 0.113. The first-order valence-electron chi connectivity index (χ1n) is 4.93. The Balaban J connectivity index is 2.50. The number of thioether (sulfide) groups is 1. The van der Waals surface area contributed by atoms with E-state index in [9.17, 15) is 5.11 Å². The van der Waals surface area contributed by atoms with Crippen LogP contribution in [0.15, 0.2) is 30.3 Å². The summed E-state index contributed by atoms with van der Waals surface area (Å²) in [6.07, 6.45) is -0.659. The SMILES string of the molecule is NCC(SCC(O)CO)c1ccccc1. The third-order valence-electron chi connectivity index (χ3n) is 2.09. The molecule has 1 rings (SSSR count). The Kier molecular flexibility index (Phi) is 5.71. The maximum absolute atomic E-state index is 9.24. The van der Waals surface area contributed by atoms with Crippen LogP contribution in [0, 0.1) is 0 Å². The van der Waals surface area contributed by atoms with E-state index in [0.717, 1.165) is 5.56 Å². The third-order valence-corrected chi connectivity index (χ3v) is 3.53. The summed E-state index contributed by atoms with van der Waals surface area (Å²) in [5.41, 5.74) is 6.83. The Morgan fingerprint density at radius 3 is 2.47 bits per heavy atom. The first-order valence-corrected chi connectivity index (χ1v) is 5.98. The highest BCUT2D eigenvalue weighted by molar-refractivity contribution is 7.99. The molecule has 0 heterocycles. The molecule has 2 atom stereocenters. The Bertz CT molecular complexity index is 269. The number of aliphatic hydroxyl groups is 2. The average Bonchev–Trinajstić information content (AvgIpc) is 2.31. The Labute approximate surface area is 94.3 Å². The minimum Gasteiger partial charge on any atom is -0.394 e. The van der Waals surface area contributed by atoms with E-state index in [1.54, 1.807) is 11.8 Å². The summed E-state index contributed by atoms with van der Waals surface area (Å²) in [7, 11) is 0. The lowest BCUT2D eigenvalue weighted by atomic mass is 10.1. The molecule has 0 radical (unpaired) electrons. The molecule has 1 aromatic rings. The van der Waals surface area contributed by atoms with E-state index in [4.69, 9.17) is 10.8 Å². The van der Waals surface area contributed by atoms with Gasteiger partial charge in [-0.15, -0.1) is 11.8 Å². The predicted octanol–water partition coefficient (Wildman–Crippen LogP) is 0.773. The highest BCUT2D eigenvalue weighted by Crippen LogP contribution is 2.27. The zero-order chi connectivity index (χ0) is 11.1. The van der Waals surface area contributed by atoms with Crippen LogP contribution in [-0.4, -0.2) is 35.2 Å². The van der Waals surface area contributed by atoms with Gasteiger partial charge in [-0.2, -0.15) is 0 Å². The molecule has 0 bridgehead atoms. The number of rotatable bonds is 6. The van der Waals surface area contributed by atoms with E-state index < -0.39 is 6.10 Å². The molecular formula is C11H17NO2S. The zero-order valence-corrected chi connectivity index (χ0v) is 9.36. The van der Waals surface area contributed by atoms with Crippen molar-refractivity contribution in [2.45, 2.75) is 11.4 Å². The molecule has 0 saturated heterocycles. The molecule has 0 fully saturated rings. The maximum atomic E-state index is 9.24. The summed E-state index contributed by atoms with van der Waals surface area (Å²) >= 11 is 1.57. The number of benzene rings is 1. The number of aliphatic hydroxyl groups excluding tert-OH is 2. The molecule has 15 heavy (non-hydrogen) atoms. The van der Waals surface area contributed by atoms with E-state index >= 15 is 0 Å². The van der Waals surface area contributed by atoms with Crippen LogP contribution >= 0.6 is 11.8 Å². The van der Waals surface area contributed by atoms with Gasteiger partial charge in [0, 0.05) is 17.5 Å². The molecule has 84 valence electrons. The van der Waals surface area contributed by atoms with Crippen LogP contribution in [0.25, 0.3) is 0 Å². The average molecular weight is 227 g/mol. The Morgan fingerprint density at radius 1 is 1.27 bits per heavy atom. The van der Waals surface area contributed by atoms with Crippen LogP contribution in [0.2, 0.25) is 0 Å². The molecule has 4 heteroatoms. The standard InChI is InChI=1S/C11H17NO2S/c12-6-11(15-8-10(14)7-13)9-4-2-1-3-5-9/h1-5,10-11,13-14H,6-8,12H2. The van der Waals surface area contributed by atoms with Crippen LogP contribution in [0.3, 0.4) is 0 Å². The van der Waals surface area contributed by atoms with Crippen molar-refractivity contribution in [3.8, 4) is 0 Å². The van der Waals surface area contributed by atoms with Gasteiger partial charge in [0.05, 0.1) is 12.7 Å². The van der Waals surface area contributed by atoms with Crippen molar-refractivity contribution < 1.29 is 10.2 Å². The summed E-state index contributed by atoms with van der Waals surface area (Å²) < 4.78 is 0. The smallest absolute Gasteiger partial charge is 0.0861 e. The van der Waals surface area contributed by atoms with E-state index in [2.05, 4.69) is 0 Å². The number of nitrogens with two attached hydrogens (primary N) is 1. The summed E-state index contributed by atoms with van der Waals surface area (Å²) in [6, 6.07) is 9.96. The van der Waals surface area contributed by atoms with E-state index in [0.29, 0.717) is 12.3 Å². The van der Waals surface area contributed by atoms with Gasteiger partial charge in [0.2, 0.25) is 0 Å². The summed E-state index contributed by atoms with van der Waals surface area (Å²) in [5.74, 6) is 0.507. The van der Waals surface area contributed by atoms with Crippen LogP contribution in [-0.2, 0) is 0 Å². The Hall–Kier alpha value is -0.550. The summed E-state index contributed by atoms with van der Waals surface area (Å²) in [6.45, 7) is 0.339. The first-order chi connectivity index (χ1) is 7.27. The summed E-state index contributed by atoms with van der Waals surface area (Å²) in [5, 5.41) is 18.1. The lowest BCUT2D eigenvalue weighted by Crippen LogP contribution is -2.18. The van der Waals surface area contributed by atoms with Crippen LogP contribution < -0.4 is 5.73 Å². The molecule has 0 aliphatic carbocycles. The molecule has 0 spiro atoms. The van der Waals surface area contributed by atoms with Crippen molar-refractivity contribution in [3.63, 3.8) is 0 Å². The fourth-order valence-corrected chi connectivity index (χ4v) is 2.29. The fourth-order valence-electron chi connectivity index (χ4n) is 1.25. The van der Waals surface area contributed by atoms with Crippen LogP contribution in [0.5, 0.6) is 0 Å². The molecule has 0 aliphatic rings. The maximum Gasteiger partial charge on any atom is 0.0861 e. The molecule has 0 aromatic heterocycles. The van der Waals surface area contributed by atoms with Gasteiger partial charge in [-0.1, -0.05) is 30.3 Å². The van der Waals surface area contributed by atoms with Gasteiger partial charge < -0.3 is 15.9 Å². The number of hydrogen-bond acceptors (Lipinski definition) is 4. The largest absolute Gasteiger partial charge is 0.394 e. The molecule has 3 nitrogen and oxygen atoms in total. The van der Waals surface area contributed by atoms with Crippen LogP contribution in [0.1, 0.15) is 10.8 Å². The Morgan fingerprint density at radius 2 is 1.93 bits per heavy atom. The molecule has 0 amide bonds. The molecule has 4 N–H and O–H groups in total. The minimum atomic E-state index is -0.659. The highest BCUT2D eigenvalue weighted by atomic mass is 32.2. The topological polar surface area (TPSA) is 66.5 Å². The zero-order valence-electron chi connectivity index (χ0n) is 8.54. The molecule has 1 aromatic carbocycles. The van der Waals surface area contributed by atoms with Crippen LogP contribution in [0.4, 0.5) is 0 Å². The van der Waals surface area contributed by atoms with Crippen molar-refractivity contribution in [1.29, 1.82) is 0 Å². The van der Waals surface area contributed by atoms with Crippen molar-refractivity contribution in [3.05, 3.63) is 35.9 Å². The molecule has 2 unspecified atom stereocenters.